The van der Waals surface area contributed by atoms with Crippen molar-refractivity contribution in [2.75, 3.05) is 26.9 Å². The van der Waals surface area contributed by atoms with E-state index < -0.39 is 6.10 Å². The van der Waals surface area contributed by atoms with E-state index in [0.29, 0.717) is 49.0 Å². The van der Waals surface area contributed by atoms with Gasteiger partial charge in [-0.25, -0.2) is 0 Å². The Morgan fingerprint density at radius 3 is 2.88 bits per heavy atom. The largest absolute Gasteiger partial charge is 0.492 e. The Kier molecular flexibility index (Phi) is 3.71. The van der Waals surface area contributed by atoms with Gasteiger partial charge in [-0.2, -0.15) is 0 Å². The number of ether oxygens (including phenoxy) is 3. The first kappa shape index (κ1) is 12.0. The van der Waals surface area contributed by atoms with Crippen molar-refractivity contribution in [3.8, 4) is 17.2 Å². The minimum absolute atomic E-state index is 0.415. The van der Waals surface area contributed by atoms with Crippen molar-refractivity contribution >= 4 is 0 Å². The fourth-order valence-electron chi connectivity index (χ4n) is 1.89. The van der Waals surface area contributed by atoms with Gasteiger partial charge in [0.1, 0.15) is 13.2 Å². The Morgan fingerprint density at radius 1 is 1.41 bits per heavy atom. The number of rotatable bonds is 4. The molecule has 0 spiro atoms. The lowest BCUT2D eigenvalue weighted by Crippen LogP contribution is -2.17. The van der Waals surface area contributed by atoms with E-state index >= 15 is 0 Å². The van der Waals surface area contributed by atoms with Crippen molar-refractivity contribution < 1.29 is 19.3 Å². The van der Waals surface area contributed by atoms with Gasteiger partial charge in [0.15, 0.2) is 11.5 Å². The first-order valence-corrected chi connectivity index (χ1v) is 5.62. The first-order valence-electron chi connectivity index (χ1n) is 5.62. The highest BCUT2D eigenvalue weighted by Gasteiger charge is 2.23. The van der Waals surface area contributed by atoms with Gasteiger partial charge in [-0.3, -0.25) is 0 Å². The molecule has 0 aliphatic carbocycles. The molecule has 3 N–H and O–H groups in total. The predicted molar refractivity (Wildman–Crippen MR) is 62.6 cm³/mol. The van der Waals surface area contributed by atoms with Gasteiger partial charge < -0.3 is 25.1 Å². The molecule has 0 aromatic heterocycles. The maximum atomic E-state index is 9.98. The number of aliphatic hydroxyl groups excluding tert-OH is 1. The highest BCUT2D eigenvalue weighted by Crippen LogP contribution is 2.44. The van der Waals surface area contributed by atoms with Crippen LogP contribution in [0.4, 0.5) is 0 Å². The maximum Gasteiger partial charge on any atom is 0.204 e. The summed E-state index contributed by atoms with van der Waals surface area (Å²) >= 11 is 0. The number of aliphatic hydroxyl groups is 1. The van der Waals surface area contributed by atoms with Gasteiger partial charge >= 0.3 is 0 Å². The third-order valence-electron chi connectivity index (χ3n) is 2.70. The third-order valence-corrected chi connectivity index (χ3v) is 2.70. The van der Waals surface area contributed by atoms with Crippen LogP contribution in [0.1, 0.15) is 18.1 Å². The van der Waals surface area contributed by atoms with E-state index in [2.05, 4.69) is 0 Å². The summed E-state index contributed by atoms with van der Waals surface area (Å²) in [7, 11) is 1.55. The van der Waals surface area contributed by atoms with Gasteiger partial charge in [-0.15, -0.1) is 0 Å². The average molecular weight is 239 g/mol. The summed E-state index contributed by atoms with van der Waals surface area (Å²) in [6.07, 6.45) is -0.165. The fraction of sp³-hybridized carbons (Fsp3) is 0.500. The van der Waals surface area contributed by atoms with Crippen molar-refractivity contribution in [3.05, 3.63) is 17.7 Å². The summed E-state index contributed by atoms with van der Waals surface area (Å²) in [5.74, 6) is 1.74. The molecule has 1 atom stereocenters. The molecule has 5 nitrogen and oxygen atoms in total. The van der Waals surface area contributed by atoms with Gasteiger partial charge in [-0.1, -0.05) is 0 Å². The number of fused-ring (bicyclic) bond motifs is 1. The fourth-order valence-corrected chi connectivity index (χ4v) is 1.89. The van der Waals surface area contributed by atoms with Crippen LogP contribution in [0.5, 0.6) is 17.2 Å². The van der Waals surface area contributed by atoms with E-state index in [1.54, 1.807) is 19.2 Å². The second kappa shape index (κ2) is 5.25. The molecule has 0 saturated heterocycles. The summed E-state index contributed by atoms with van der Waals surface area (Å²) in [6, 6.07) is 3.57. The van der Waals surface area contributed by atoms with Crippen molar-refractivity contribution in [1.82, 2.24) is 0 Å². The van der Waals surface area contributed by atoms with E-state index in [0.717, 1.165) is 0 Å². The molecule has 0 amide bonds. The highest BCUT2D eigenvalue weighted by molar-refractivity contribution is 5.57. The smallest absolute Gasteiger partial charge is 0.204 e. The molecule has 94 valence electrons. The normalized spacial score (nSPS) is 15.5. The minimum atomic E-state index is -0.647. The van der Waals surface area contributed by atoms with E-state index in [9.17, 15) is 5.11 Å². The average Bonchev–Trinajstić information content (AvgIpc) is 2.37. The van der Waals surface area contributed by atoms with Crippen molar-refractivity contribution in [2.24, 2.45) is 5.73 Å². The van der Waals surface area contributed by atoms with Crippen molar-refractivity contribution in [3.63, 3.8) is 0 Å². The van der Waals surface area contributed by atoms with Gasteiger partial charge in [0.25, 0.3) is 0 Å². The van der Waals surface area contributed by atoms with Crippen LogP contribution in [-0.2, 0) is 0 Å². The quantitative estimate of drug-likeness (QED) is 0.814. The van der Waals surface area contributed by atoms with Gasteiger partial charge in [0, 0.05) is 5.56 Å². The molecule has 0 bridgehead atoms. The highest BCUT2D eigenvalue weighted by atomic mass is 16.6. The van der Waals surface area contributed by atoms with Crippen LogP contribution in [0, 0.1) is 0 Å². The maximum absolute atomic E-state index is 9.98. The number of hydrogen-bond acceptors (Lipinski definition) is 5. The summed E-state index contributed by atoms with van der Waals surface area (Å²) in [5, 5.41) is 9.98. The summed E-state index contributed by atoms with van der Waals surface area (Å²) < 4.78 is 16.3. The molecule has 2 rings (SSSR count). The van der Waals surface area contributed by atoms with Gasteiger partial charge in [0.2, 0.25) is 5.75 Å². The van der Waals surface area contributed by atoms with E-state index in [1.165, 1.54) is 0 Å². The van der Waals surface area contributed by atoms with E-state index in [1.807, 2.05) is 0 Å². The van der Waals surface area contributed by atoms with Crippen molar-refractivity contribution in [1.29, 1.82) is 0 Å². The number of hydrogen-bond donors (Lipinski definition) is 2. The van der Waals surface area contributed by atoms with Crippen LogP contribution in [-0.4, -0.2) is 32.0 Å². The SMILES string of the molecule is COc1c(C(O)CCN)ccc2c1OCCO2. The number of nitrogens with two attached hydrogens (primary N) is 1. The lowest BCUT2D eigenvalue weighted by atomic mass is 10.0. The Morgan fingerprint density at radius 2 is 2.18 bits per heavy atom. The molecule has 1 heterocycles. The Labute approximate surface area is 100 Å². The number of methoxy groups -OCH3 is 1. The topological polar surface area (TPSA) is 73.9 Å². The molecule has 1 aliphatic heterocycles. The summed E-state index contributed by atoms with van der Waals surface area (Å²) in [4.78, 5) is 0. The van der Waals surface area contributed by atoms with Crippen LogP contribution < -0.4 is 19.9 Å². The van der Waals surface area contributed by atoms with Crippen LogP contribution >= 0.6 is 0 Å². The monoisotopic (exact) mass is 239 g/mol. The molecule has 1 unspecified atom stereocenters. The van der Waals surface area contributed by atoms with Crippen molar-refractivity contribution in [2.45, 2.75) is 12.5 Å². The van der Waals surface area contributed by atoms with Crippen LogP contribution in [0.15, 0.2) is 12.1 Å². The molecule has 5 heteroatoms. The number of benzene rings is 1. The Balaban J connectivity index is 2.39. The molecule has 0 radical (unpaired) electrons. The van der Waals surface area contributed by atoms with Gasteiger partial charge in [-0.05, 0) is 25.1 Å². The summed E-state index contributed by atoms with van der Waals surface area (Å²) in [6.45, 7) is 1.43. The minimum Gasteiger partial charge on any atom is -0.492 e. The van der Waals surface area contributed by atoms with Crippen LogP contribution in [0.2, 0.25) is 0 Å². The van der Waals surface area contributed by atoms with Crippen LogP contribution in [0.25, 0.3) is 0 Å². The molecule has 1 aromatic rings. The molecule has 1 aromatic carbocycles. The second-order valence-electron chi connectivity index (χ2n) is 3.81. The zero-order chi connectivity index (χ0) is 12.3. The zero-order valence-electron chi connectivity index (χ0n) is 9.81. The Bertz CT molecular complexity index is 394. The molecular formula is C12H17NO4. The lowest BCUT2D eigenvalue weighted by Gasteiger charge is -2.23. The zero-order valence-corrected chi connectivity index (χ0v) is 9.81. The molecule has 1 aliphatic rings. The van der Waals surface area contributed by atoms with Crippen LogP contribution in [0.3, 0.4) is 0 Å². The molecule has 0 fully saturated rings. The Hall–Kier alpha value is -1.46. The van der Waals surface area contributed by atoms with E-state index in [4.69, 9.17) is 19.9 Å². The molecule has 0 saturated carbocycles. The predicted octanol–water partition coefficient (Wildman–Crippen LogP) is 0.849. The first-order chi connectivity index (χ1) is 8.27. The van der Waals surface area contributed by atoms with Gasteiger partial charge in [0.05, 0.1) is 13.2 Å². The summed E-state index contributed by atoms with van der Waals surface area (Å²) in [5.41, 5.74) is 6.12. The molecular weight excluding hydrogens is 222 g/mol. The second-order valence-corrected chi connectivity index (χ2v) is 3.81. The standard InChI is InChI=1S/C12H17NO4/c1-15-11-8(9(14)4-5-13)2-3-10-12(11)17-7-6-16-10/h2-3,9,14H,4-7,13H2,1H3. The van der Waals surface area contributed by atoms with E-state index in [-0.39, 0.29) is 0 Å². The lowest BCUT2D eigenvalue weighted by molar-refractivity contribution is 0.151. The molecule has 17 heavy (non-hydrogen) atoms. The third kappa shape index (κ3) is 2.30.